The Kier molecular flexibility index (Phi) is 6.37. The quantitative estimate of drug-likeness (QED) is 0.463. The molecule has 0 atom stereocenters. The fourth-order valence-corrected chi connectivity index (χ4v) is 2.34. The summed E-state index contributed by atoms with van der Waals surface area (Å²) in [5.41, 5.74) is 3.45. The number of aliphatic imine (C=N–C) groups is 1. The van der Waals surface area contributed by atoms with E-state index in [1.807, 2.05) is 55.5 Å². The van der Waals surface area contributed by atoms with Crippen LogP contribution in [0.5, 0.6) is 5.75 Å². The summed E-state index contributed by atoms with van der Waals surface area (Å²) in [6.45, 7) is 2.43. The molecule has 0 spiro atoms. The van der Waals surface area contributed by atoms with Crippen LogP contribution in [0.25, 0.3) is 0 Å². The van der Waals surface area contributed by atoms with E-state index < -0.39 is 0 Å². The first-order chi connectivity index (χ1) is 11.7. The molecule has 2 aromatic rings. The van der Waals surface area contributed by atoms with Gasteiger partial charge in [0.25, 0.3) is 0 Å². The summed E-state index contributed by atoms with van der Waals surface area (Å²) in [6, 6.07) is 15.7. The Balaban J connectivity index is 2.32. The third kappa shape index (κ3) is 4.13. The van der Waals surface area contributed by atoms with Gasteiger partial charge in [-0.25, -0.2) is 0 Å². The molecule has 0 bridgehead atoms. The third-order valence-electron chi connectivity index (χ3n) is 3.53. The monoisotopic (exact) mass is 326 g/mol. The Morgan fingerprint density at radius 1 is 1.00 bits per heavy atom. The fourth-order valence-electron chi connectivity index (χ4n) is 2.34. The summed E-state index contributed by atoms with van der Waals surface area (Å²) in [5.74, 6) is 1.26. The summed E-state index contributed by atoms with van der Waals surface area (Å²) >= 11 is 0. The molecule has 2 aromatic carbocycles. The predicted molar refractivity (Wildman–Crippen MR) is 95.9 cm³/mol. The van der Waals surface area contributed by atoms with Crippen molar-refractivity contribution in [3.8, 4) is 5.75 Å². The lowest BCUT2D eigenvalue weighted by atomic mass is 10.0. The van der Waals surface area contributed by atoms with Crippen molar-refractivity contribution < 1.29 is 14.3 Å². The van der Waals surface area contributed by atoms with E-state index in [-0.39, 0.29) is 0 Å². The van der Waals surface area contributed by atoms with Crippen LogP contribution in [0.15, 0.2) is 58.7 Å². The van der Waals surface area contributed by atoms with E-state index in [0.717, 1.165) is 22.4 Å². The molecule has 0 aliphatic heterocycles. The molecule has 5 heteroatoms. The molecule has 0 saturated heterocycles. The summed E-state index contributed by atoms with van der Waals surface area (Å²) < 4.78 is 11.3. The van der Waals surface area contributed by atoms with Crippen molar-refractivity contribution in [2.45, 2.75) is 13.5 Å². The van der Waals surface area contributed by atoms with Crippen molar-refractivity contribution in [1.29, 1.82) is 0 Å². The second-order valence-electron chi connectivity index (χ2n) is 5.07. The molecule has 0 radical (unpaired) electrons. The highest BCUT2D eigenvalue weighted by Gasteiger charge is 2.17. The Bertz CT molecular complexity index is 739. The minimum atomic E-state index is 0.403. The molecule has 0 heterocycles. The summed E-state index contributed by atoms with van der Waals surface area (Å²) in [7, 11) is 4.70. The Morgan fingerprint density at radius 3 is 2.38 bits per heavy atom. The van der Waals surface area contributed by atoms with Crippen LogP contribution in [-0.2, 0) is 16.2 Å². The maximum atomic E-state index is 5.96. The number of hydrogen-bond acceptors (Lipinski definition) is 5. The average Bonchev–Trinajstić information content (AvgIpc) is 2.61. The highest BCUT2D eigenvalue weighted by atomic mass is 16.6. The van der Waals surface area contributed by atoms with E-state index in [9.17, 15) is 0 Å². The first-order valence-electron chi connectivity index (χ1n) is 7.60. The maximum absolute atomic E-state index is 5.96. The third-order valence-corrected chi connectivity index (χ3v) is 3.53. The summed E-state index contributed by atoms with van der Waals surface area (Å²) in [4.78, 5) is 9.08. The Hall–Kier alpha value is -2.82. The van der Waals surface area contributed by atoms with Crippen LogP contribution in [-0.4, -0.2) is 32.9 Å². The number of nitrogens with zero attached hydrogens (tertiary/aromatic N) is 2. The van der Waals surface area contributed by atoms with Gasteiger partial charge in [0.05, 0.1) is 7.11 Å². The molecule has 0 saturated carbocycles. The van der Waals surface area contributed by atoms with Crippen molar-refractivity contribution in [2.75, 3.05) is 21.3 Å². The maximum Gasteiger partial charge on any atom is 0.238 e. The van der Waals surface area contributed by atoms with Crippen LogP contribution in [0.4, 0.5) is 0 Å². The van der Waals surface area contributed by atoms with Gasteiger partial charge in [0.15, 0.2) is 5.71 Å². The Morgan fingerprint density at radius 2 is 1.71 bits per heavy atom. The first kappa shape index (κ1) is 17.5. The topological polar surface area (TPSA) is 52.4 Å². The molecule has 0 fully saturated rings. The van der Waals surface area contributed by atoms with Crippen molar-refractivity contribution in [1.82, 2.24) is 0 Å². The first-order valence-corrected chi connectivity index (χ1v) is 7.60. The minimum absolute atomic E-state index is 0.403. The minimum Gasteiger partial charge on any atom is -0.489 e. The number of methoxy groups -OCH3 is 1. The highest BCUT2D eigenvalue weighted by Crippen LogP contribution is 2.20. The lowest BCUT2D eigenvalue weighted by Gasteiger charge is -2.14. The van der Waals surface area contributed by atoms with Crippen LogP contribution < -0.4 is 4.74 Å². The predicted octanol–water partition coefficient (Wildman–Crippen LogP) is 3.60. The van der Waals surface area contributed by atoms with Gasteiger partial charge in [-0.15, -0.1) is 0 Å². The van der Waals surface area contributed by atoms with Gasteiger partial charge in [0.2, 0.25) is 5.90 Å². The zero-order valence-corrected chi connectivity index (χ0v) is 14.4. The fraction of sp³-hybridized carbons (Fsp3) is 0.263. The van der Waals surface area contributed by atoms with Gasteiger partial charge < -0.3 is 14.3 Å². The van der Waals surface area contributed by atoms with Crippen molar-refractivity contribution in [2.24, 2.45) is 10.1 Å². The van der Waals surface area contributed by atoms with Crippen LogP contribution in [0, 0.1) is 6.92 Å². The van der Waals surface area contributed by atoms with Crippen molar-refractivity contribution in [3.05, 3.63) is 65.2 Å². The number of para-hydroxylation sites is 1. The number of aryl methyl sites for hydroxylation is 1. The lowest BCUT2D eigenvalue weighted by molar-refractivity contribution is 0.213. The van der Waals surface area contributed by atoms with E-state index in [0.29, 0.717) is 18.2 Å². The number of oxime groups is 1. The van der Waals surface area contributed by atoms with E-state index >= 15 is 0 Å². The van der Waals surface area contributed by atoms with Crippen LogP contribution in [0.3, 0.4) is 0 Å². The molecule has 0 aliphatic carbocycles. The number of benzene rings is 2. The molecule has 0 aromatic heterocycles. The summed E-state index contributed by atoms with van der Waals surface area (Å²) in [6.07, 6.45) is 0. The van der Waals surface area contributed by atoms with E-state index in [4.69, 9.17) is 14.3 Å². The normalized spacial score (nSPS) is 12.0. The molecule has 2 rings (SSSR count). The zero-order chi connectivity index (χ0) is 17.4. The SMILES string of the molecule is CN=C(OC)/C(=N\OC)c1ccccc1COc1ccccc1C. The van der Waals surface area contributed by atoms with Crippen molar-refractivity contribution in [3.63, 3.8) is 0 Å². The molecule has 0 N–H and O–H groups in total. The van der Waals surface area contributed by atoms with Gasteiger partial charge >= 0.3 is 0 Å². The highest BCUT2D eigenvalue weighted by molar-refractivity contribution is 6.45. The smallest absolute Gasteiger partial charge is 0.238 e. The van der Waals surface area contributed by atoms with E-state index in [1.54, 1.807) is 14.2 Å². The molecular weight excluding hydrogens is 304 g/mol. The average molecular weight is 326 g/mol. The number of hydrogen-bond donors (Lipinski definition) is 0. The van der Waals surface area contributed by atoms with Gasteiger partial charge in [-0.1, -0.05) is 47.6 Å². The van der Waals surface area contributed by atoms with E-state index in [2.05, 4.69) is 10.1 Å². The van der Waals surface area contributed by atoms with Crippen LogP contribution in [0.2, 0.25) is 0 Å². The standard InChI is InChI=1S/C19H22N2O3/c1-14-9-5-8-12-17(14)24-13-15-10-6-7-11-16(15)18(21-23-4)19(20-2)22-3/h5-12H,13H2,1-4H3/b20-19?,21-18-. The number of rotatable bonds is 6. The van der Waals surface area contributed by atoms with Gasteiger partial charge in [-0.2, -0.15) is 0 Å². The molecule has 0 unspecified atom stereocenters. The molecule has 0 aliphatic rings. The van der Waals surface area contributed by atoms with Crippen LogP contribution >= 0.6 is 0 Å². The zero-order valence-electron chi connectivity index (χ0n) is 14.4. The Labute approximate surface area is 142 Å². The van der Waals surface area contributed by atoms with Crippen LogP contribution in [0.1, 0.15) is 16.7 Å². The second-order valence-corrected chi connectivity index (χ2v) is 5.07. The lowest BCUT2D eigenvalue weighted by Crippen LogP contribution is -2.20. The van der Waals surface area contributed by atoms with Gasteiger partial charge in [0.1, 0.15) is 19.5 Å². The van der Waals surface area contributed by atoms with E-state index in [1.165, 1.54) is 7.11 Å². The van der Waals surface area contributed by atoms with Gasteiger partial charge in [-0.05, 0) is 24.1 Å². The largest absolute Gasteiger partial charge is 0.489 e. The second kappa shape index (κ2) is 8.72. The molecule has 0 amide bonds. The molecule has 5 nitrogen and oxygen atoms in total. The van der Waals surface area contributed by atoms with Gasteiger partial charge in [-0.3, -0.25) is 4.99 Å². The van der Waals surface area contributed by atoms with Gasteiger partial charge in [0, 0.05) is 12.6 Å². The number of ether oxygens (including phenoxy) is 2. The molecular formula is C19H22N2O3. The summed E-state index contributed by atoms with van der Waals surface area (Å²) in [5, 5.41) is 4.07. The molecule has 24 heavy (non-hydrogen) atoms. The van der Waals surface area contributed by atoms with Crippen molar-refractivity contribution >= 4 is 11.6 Å². The molecule has 126 valence electrons.